The van der Waals surface area contributed by atoms with Gasteiger partial charge in [0, 0.05) is 13.0 Å². The summed E-state index contributed by atoms with van der Waals surface area (Å²) in [5.41, 5.74) is -2.71. The minimum Gasteiger partial charge on any atom is -0.497 e. The summed E-state index contributed by atoms with van der Waals surface area (Å²) in [6.07, 6.45) is -0.923. The Hall–Kier alpha value is -2.78. The summed E-state index contributed by atoms with van der Waals surface area (Å²) in [4.78, 5) is 37.9. The molecule has 7 nitrogen and oxygen atoms in total. The highest BCUT2D eigenvalue weighted by Gasteiger charge is 2.68. The zero-order chi connectivity index (χ0) is 22.6. The third-order valence-corrected chi connectivity index (χ3v) is 5.82. The highest BCUT2D eigenvalue weighted by atomic mass is 19.4. The van der Waals surface area contributed by atoms with E-state index in [9.17, 15) is 27.6 Å². The summed E-state index contributed by atoms with van der Waals surface area (Å²) in [5.74, 6) is -1.88. The molecule has 1 saturated carbocycles. The summed E-state index contributed by atoms with van der Waals surface area (Å²) >= 11 is 0. The van der Waals surface area contributed by atoms with E-state index in [1.165, 1.54) is 7.11 Å². The number of hydrogen-bond donors (Lipinski definition) is 2. The first-order chi connectivity index (χ1) is 14.7. The van der Waals surface area contributed by atoms with Crippen LogP contribution in [0.5, 0.6) is 5.75 Å². The van der Waals surface area contributed by atoms with E-state index >= 15 is 0 Å². The molecule has 1 aromatic carbocycles. The quantitative estimate of drug-likeness (QED) is 0.637. The Kier molecular flexibility index (Phi) is 6.76. The molecule has 3 rings (SSSR count). The Balaban J connectivity index is 1.69. The average molecular weight is 441 g/mol. The number of rotatable bonds is 7. The third kappa shape index (κ3) is 4.94. The van der Waals surface area contributed by atoms with E-state index in [0.717, 1.165) is 37.7 Å². The zero-order valence-corrected chi connectivity index (χ0v) is 17.3. The molecule has 1 heterocycles. The molecule has 0 spiro atoms. The maximum Gasteiger partial charge on any atom is 0.440 e. The van der Waals surface area contributed by atoms with Crippen LogP contribution in [0.1, 0.15) is 44.1 Å². The fourth-order valence-electron chi connectivity index (χ4n) is 4.04. The fourth-order valence-corrected chi connectivity index (χ4v) is 4.04. The molecule has 2 fully saturated rings. The van der Waals surface area contributed by atoms with Crippen molar-refractivity contribution in [3.8, 4) is 5.75 Å². The van der Waals surface area contributed by atoms with E-state index in [4.69, 9.17) is 4.74 Å². The molecule has 1 aliphatic heterocycles. The SMILES string of the molecule is COc1ccc(CCC(=O)N[C@]2(C(F)(F)F)NC(=O)N(CC3CCCCC3)C2=O)cc1. The monoisotopic (exact) mass is 441 g/mol. The van der Waals surface area contributed by atoms with Gasteiger partial charge in [0.25, 0.3) is 11.6 Å². The molecule has 170 valence electrons. The maximum atomic E-state index is 13.9. The Morgan fingerprint density at radius 2 is 1.84 bits per heavy atom. The predicted octanol–water partition coefficient (Wildman–Crippen LogP) is 3.13. The molecule has 10 heteroatoms. The normalized spacial score (nSPS) is 22.4. The summed E-state index contributed by atoms with van der Waals surface area (Å²) in [6.45, 7) is -0.0792. The van der Waals surface area contributed by atoms with Crippen molar-refractivity contribution in [2.24, 2.45) is 5.92 Å². The molecule has 0 radical (unpaired) electrons. The average Bonchev–Trinajstić information content (AvgIpc) is 2.98. The minimum atomic E-state index is -5.18. The number of methoxy groups -OCH3 is 1. The zero-order valence-electron chi connectivity index (χ0n) is 17.3. The number of amides is 4. The van der Waals surface area contributed by atoms with Crippen molar-refractivity contribution >= 4 is 17.8 Å². The van der Waals surface area contributed by atoms with Crippen LogP contribution in [0.2, 0.25) is 0 Å². The van der Waals surface area contributed by atoms with Gasteiger partial charge < -0.3 is 10.1 Å². The lowest BCUT2D eigenvalue weighted by molar-refractivity contribution is -0.204. The van der Waals surface area contributed by atoms with E-state index in [1.807, 2.05) is 0 Å². The lowest BCUT2D eigenvalue weighted by atomic mass is 9.89. The Morgan fingerprint density at radius 3 is 2.42 bits per heavy atom. The van der Waals surface area contributed by atoms with Crippen molar-refractivity contribution in [1.82, 2.24) is 15.5 Å². The van der Waals surface area contributed by atoms with Crippen molar-refractivity contribution in [2.75, 3.05) is 13.7 Å². The van der Waals surface area contributed by atoms with Gasteiger partial charge in [-0.3, -0.25) is 19.8 Å². The van der Waals surface area contributed by atoms with Gasteiger partial charge in [-0.2, -0.15) is 13.2 Å². The molecular formula is C21H26F3N3O4. The van der Waals surface area contributed by atoms with E-state index in [0.29, 0.717) is 10.6 Å². The van der Waals surface area contributed by atoms with Gasteiger partial charge in [0.1, 0.15) is 5.75 Å². The molecule has 4 amide bonds. The van der Waals surface area contributed by atoms with Crippen LogP contribution in [0.4, 0.5) is 18.0 Å². The van der Waals surface area contributed by atoms with Gasteiger partial charge in [0.2, 0.25) is 5.91 Å². The van der Waals surface area contributed by atoms with Gasteiger partial charge in [-0.25, -0.2) is 4.79 Å². The number of ether oxygens (including phenoxy) is 1. The van der Waals surface area contributed by atoms with Crippen molar-refractivity contribution in [2.45, 2.75) is 56.8 Å². The summed E-state index contributed by atoms with van der Waals surface area (Å²) in [6, 6.07) is 5.60. The Labute approximate surface area is 178 Å². The number of carbonyl (C=O) groups excluding carboxylic acids is 3. The van der Waals surface area contributed by atoms with Crippen molar-refractivity contribution in [1.29, 1.82) is 0 Å². The number of halogens is 3. The Bertz CT molecular complexity index is 822. The number of hydrogen-bond acceptors (Lipinski definition) is 4. The first-order valence-electron chi connectivity index (χ1n) is 10.3. The number of aryl methyl sites for hydroxylation is 1. The van der Waals surface area contributed by atoms with E-state index < -0.39 is 29.7 Å². The number of carbonyl (C=O) groups is 3. The number of nitrogens with one attached hydrogen (secondary N) is 2. The molecular weight excluding hydrogens is 415 g/mol. The van der Waals surface area contributed by atoms with E-state index in [1.54, 1.807) is 34.9 Å². The van der Waals surface area contributed by atoms with Gasteiger partial charge in [0.05, 0.1) is 7.11 Å². The number of nitrogens with zero attached hydrogens (tertiary/aromatic N) is 1. The molecule has 2 N–H and O–H groups in total. The van der Waals surface area contributed by atoms with Crippen LogP contribution in [0.3, 0.4) is 0 Å². The lowest BCUT2D eigenvalue weighted by Crippen LogP contribution is -2.69. The molecule has 0 bridgehead atoms. The van der Waals surface area contributed by atoms with Gasteiger partial charge in [-0.05, 0) is 42.9 Å². The number of imide groups is 1. The summed E-state index contributed by atoms with van der Waals surface area (Å²) in [7, 11) is 1.50. The number of alkyl halides is 3. The highest BCUT2D eigenvalue weighted by Crippen LogP contribution is 2.35. The van der Waals surface area contributed by atoms with Crippen LogP contribution in [0.15, 0.2) is 24.3 Å². The van der Waals surface area contributed by atoms with Gasteiger partial charge in [0.15, 0.2) is 0 Å². The first-order valence-corrected chi connectivity index (χ1v) is 10.3. The topological polar surface area (TPSA) is 87.7 Å². The fraction of sp³-hybridized carbons (Fsp3) is 0.571. The summed E-state index contributed by atoms with van der Waals surface area (Å²) in [5, 5.41) is 3.47. The van der Waals surface area contributed by atoms with Crippen LogP contribution >= 0.6 is 0 Å². The smallest absolute Gasteiger partial charge is 0.440 e. The summed E-state index contributed by atoms with van der Waals surface area (Å²) < 4.78 is 46.8. The number of benzene rings is 1. The second kappa shape index (κ2) is 9.15. The second-order valence-electron chi connectivity index (χ2n) is 7.99. The highest BCUT2D eigenvalue weighted by molar-refractivity contribution is 6.08. The third-order valence-electron chi connectivity index (χ3n) is 5.82. The van der Waals surface area contributed by atoms with Crippen LogP contribution in [-0.2, 0) is 16.0 Å². The van der Waals surface area contributed by atoms with Gasteiger partial charge in [-0.1, -0.05) is 31.4 Å². The second-order valence-corrected chi connectivity index (χ2v) is 7.99. The first kappa shape index (κ1) is 22.9. The van der Waals surface area contributed by atoms with E-state index in [2.05, 4.69) is 0 Å². The molecule has 0 unspecified atom stereocenters. The molecule has 2 aliphatic rings. The van der Waals surface area contributed by atoms with Gasteiger partial charge >= 0.3 is 12.2 Å². The molecule has 1 aromatic rings. The predicted molar refractivity (Wildman–Crippen MR) is 105 cm³/mol. The minimum absolute atomic E-state index is 0.0294. The molecule has 0 aromatic heterocycles. The van der Waals surface area contributed by atoms with Gasteiger partial charge in [-0.15, -0.1) is 0 Å². The van der Waals surface area contributed by atoms with Crippen LogP contribution in [0, 0.1) is 5.92 Å². The maximum absolute atomic E-state index is 13.9. The van der Waals surface area contributed by atoms with Crippen LogP contribution in [-0.4, -0.2) is 48.2 Å². The largest absolute Gasteiger partial charge is 0.497 e. The van der Waals surface area contributed by atoms with Crippen LogP contribution in [0.25, 0.3) is 0 Å². The van der Waals surface area contributed by atoms with Crippen LogP contribution < -0.4 is 15.4 Å². The lowest BCUT2D eigenvalue weighted by Gasteiger charge is -2.30. The van der Waals surface area contributed by atoms with Crippen molar-refractivity contribution in [3.63, 3.8) is 0 Å². The van der Waals surface area contributed by atoms with Crippen molar-refractivity contribution < 1.29 is 32.3 Å². The van der Waals surface area contributed by atoms with E-state index in [-0.39, 0.29) is 25.3 Å². The molecule has 1 aliphatic carbocycles. The molecule has 1 saturated heterocycles. The Morgan fingerprint density at radius 1 is 1.19 bits per heavy atom. The number of urea groups is 1. The molecule has 31 heavy (non-hydrogen) atoms. The standard InChI is InChI=1S/C21H26F3N3O4/c1-31-16-10-7-14(8-11-16)9-12-17(28)25-20(21(22,23)24)18(29)27(19(30)26-20)13-15-5-3-2-4-6-15/h7-8,10-11,15H,2-6,9,12-13H2,1H3,(H,25,28)(H,26,30)/t20-/m0/s1. The van der Waals surface area contributed by atoms with Crippen molar-refractivity contribution in [3.05, 3.63) is 29.8 Å². The molecule has 1 atom stereocenters.